The van der Waals surface area contributed by atoms with Crippen LogP contribution >= 0.6 is 0 Å². The Hall–Kier alpha value is -0.570. The molecule has 19 heavy (non-hydrogen) atoms. The minimum atomic E-state index is 0.0337. The highest BCUT2D eigenvalue weighted by atomic mass is 16.2. The lowest BCUT2D eigenvalue weighted by Crippen LogP contribution is -2.43. The molecule has 1 aliphatic rings. The summed E-state index contributed by atoms with van der Waals surface area (Å²) in [5.41, 5.74) is 0. The first-order valence-corrected chi connectivity index (χ1v) is 7.95. The van der Waals surface area contributed by atoms with Crippen molar-refractivity contribution in [1.82, 2.24) is 10.2 Å². The van der Waals surface area contributed by atoms with Gasteiger partial charge in [0.2, 0.25) is 5.91 Å². The van der Waals surface area contributed by atoms with Gasteiger partial charge in [-0.3, -0.25) is 10.1 Å². The van der Waals surface area contributed by atoms with Crippen molar-refractivity contribution in [1.29, 1.82) is 0 Å². The van der Waals surface area contributed by atoms with E-state index in [1.54, 1.807) is 0 Å². The van der Waals surface area contributed by atoms with Gasteiger partial charge in [0.1, 0.15) is 0 Å². The molecule has 0 aromatic carbocycles. The van der Waals surface area contributed by atoms with Gasteiger partial charge in [0.25, 0.3) is 0 Å². The van der Waals surface area contributed by atoms with Gasteiger partial charge in [-0.05, 0) is 44.4 Å². The molecule has 0 spiro atoms. The van der Waals surface area contributed by atoms with Crippen LogP contribution in [0.15, 0.2) is 0 Å². The maximum atomic E-state index is 12.6. The summed E-state index contributed by atoms with van der Waals surface area (Å²) < 4.78 is 0. The summed E-state index contributed by atoms with van der Waals surface area (Å²) in [7, 11) is 0. The second-order valence-electron chi connectivity index (χ2n) is 6.84. The maximum absolute atomic E-state index is 12.6. The molecule has 1 fully saturated rings. The van der Waals surface area contributed by atoms with Crippen molar-refractivity contribution < 1.29 is 4.79 Å². The molecule has 0 aliphatic carbocycles. The van der Waals surface area contributed by atoms with Gasteiger partial charge in [-0.25, -0.2) is 0 Å². The minimum absolute atomic E-state index is 0.0337. The SMILES string of the molecule is CCC1NC(CC(C)C)C(=O)N1C(C)CCC(C)C. The van der Waals surface area contributed by atoms with Crippen molar-refractivity contribution in [2.75, 3.05) is 0 Å². The Morgan fingerprint density at radius 3 is 2.21 bits per heavy atom. The summed E-state index contributed by atoms with van der Waals surface area (Å²) in [6.45, 7) is 13.2. The van der Waals surface area contributed by atoms with Gasteiger partial charge in [0, 0.05) is 6.04 Å². The number of nitrogens with one attached hydrogen (secondary N) is 1. The van der Waals surface area contributed by atoms with Crippen LogP contribution in [0.1, 0.15) is 67.2 Å². The first kappa shape index (κ1) is 16.5. The zero-order valence-corrected chi connectivity index (χ0v) is 13.6. The molecular formula is C16H32N2O. The standard InChI is InChI=1S/C16H32N2O/c1-7-15-17-14(10-12(4)5)16(19)18(15)13(6)9-8-11(2)3/h11-15,17H,7-10H2,1-6H3. The zero-order chi connectivity index (χ0) is 14.6. The van der Waals surface area contributed by atoms with Crippen molar-refractivity contribution >= 4 is 5.91 Å². The highest BCUT2D eigenvalue weighted by molar-refractivity contribution is 5.84. The van der Waals surface area contributed by atoms with Crippen LogP contribution in [0.5, 0.6) is 0 Å². The molecule has 1 amide bonds. The van der Waals surface area contributed by atoms with Gasteiger partial charge in [-0.2, -0.15) is 0 Å². The Labute approximate surface area is 119 Å². The van der Waals surface area contributed by atoms with Crippen molar-refractivity contribution in [3.63, 3.8) is 0 Å². The first-order chi connectivity index (χ1) is 8.86. The Kier molecular flexibility index (Phi) is 6.31. The van der Waals surface area contributed by atoms with Gasteiger partial charge in [-0.15, -0.1) is 0 Å². The normalized spacial score (nSPS) is 25.7. The topological polar surface area (TPSA) is 32.3 Å². The van der Waals surface area contributed by atoms with E-state index < -0.39 is 0 Å². The molecule has 3 unspecified atom stereocenters. The molecule has 1 N–H and O–H groups in total. The Morgan fingerprint density at radius 2 is 1.74 bits per heavy atom. The average molecular weight is 268 g/mol. The van der Waals surface area contributed by atoms with Crippen LogP contribution in [0.2, 0.25) is 0 Å². The second-order valence-corrected chi connectivity index (χ2v) is 6.84. The highest BCUT2D eigenvalue weighted by Crippen LogP contribution is 2.23. The average Bonchev–Trinajstić information content (AvgIpc) is 2.62. The Bertz CT molecular complexity index is 288. The van der Waals surface area contributed by atoms with Gasteiger partial charge < -0.3 is 4.90 Å². The fraction of sp³-hybridized carbons (Fsp3) is 0.938. The molecule has 3 nitrogen and oxygen atoms in total. The molecule has 112 valence electrons. The third-order valence-corrected chi connectivity index (χ3v) is 4.01. The van der Waals surface area contributed by atoms with Gasteiger partial charge in [-0.1, -0.05) is 34.6 Å². The van der Waals surface area contributed by atoms with Crippen LogP contribution in [-0.4, -0.2) is 29.1 Å². The van der Waals surface area contributed by atoms with Gasteiger partial charge in [0.15, 0.2) is 0 Å². The molecule has 1 heterocycles. The summed E-state index contributed by atoms with van der Waals surface area (Å²) in [4.78, 5) is 14.7. The van der Waals surface area contributed by atoms with Crippen LogP contribution < -0.4 is 5.32 Å². The van der Waals surface area contributed by atoms with Gasteiger partial charge in [0.05, 0.1) is 12.2 Å². The number of amides is 1. The summed E-state index contributed by atoms with van der Waals surface area (Å²) >= 11 is 0. The molecule has 3 heteroatoms. The minimum Gasteiger partial charge on any atom is -0.323 e. The van der Waals surface area contributed by atoms with E-state index in [-0.39, 0.29) is 12.2 Å². The predicted octanol–water partition coefficient (Wildman–Crippen LogP) is 3.39. The van der Waals surface area contributed by atoms with Crippen molar-refractivity contribution in [2.45, 2.75) is 85.5 Å². The number of hydrogen-bond donors (Lipinski definition) is 1. The van der Waals surface area contributed by atoms with Gasteiger partial charge >= 0.3 is 0 Å². The number of nitrogens with zero attached hydrogens (tertiary/aromatic N) is 1. The molecule has 0 aromatic rings. The third-order valence-electron chi connectivity index (χ3n) is 4.01. The number of hydrogen-bond acceptors (Lipinski definition) is 2. The first-order valence-electron chi connectivity index (χ1n) is 7.95. The van der Waals surface area contributed by atoms with E-state index in [9.17, 15) is 4.79 Å². The third kappa shape index (κ3) is 4.48. The van der Waals surface area contributed by atoms with Crippen molar-refractivity contribution in [3.05, 3.63) is 0 Å². The summed E-state index contributed by atoms with van der Waals surface area (Å²) in [6.07, 6.45) is 4.47. The molecule has 1 aliphatic heterocycles. The van der Waals surface area contributed by atoms with E-state index >= 15 is 0 Å². The fourth-order valence-corrected chi connectivity index (χ4v) is 2.91. The lowest BCUT2D eigenvalue weighted by Gasteiger charge is -2.30. The molecule has 0 aromatic heterocycles. The van der Waals surface area contributed by atoms with Crippen molar-refractivity contribution in [3.8, 4) is 0 Å². The highest BCUT2D eigenvalue weighted by Gasteiger charge is 2.40. The quantitative estimate of drug-likeness (QED) is 0.767. The maximum Gasteiger partial charge on any atom is 0.241 e. The van der Waals surface area contributed by atoms with Crippen LogP contribution in [-0.2, 0) is 4.79 Å². The van der Waals surface area contributed by atoms with Crippen LogP contribution in [0.25, 0.3) is 0 Å². The lowest BCUT2D eigenvalue weighted by molar-refractivity contribution is -0.132. The largest absolute Gasteiger partial charge is 0.323 e. The summed E-state index contributed by atoms with van der Waals surface area (Å²) in [5, 5.41) is 3.52. The van der Waals surface area contributed by atoms with Crippen LogP contribution in [0.4, 0.5) is 0 Å². The fourth-order valence-electron chi connectivity index (χ4n) is 2.91. The van der Waals surface area contributed by atoms with Crippen molar-refractivity contribution in [2.24, 2.45) is 11.8 Å². The summed E-state index contributed by atoms with van der Waals surface area (Å²) in [6, 6.07) is 0.385. The lowest BCUT2D eigenvalue weighted by atomic mass is 10.0. The molecule has 0 saturated carbocycles. The van der Waals surface area contributed by atoms with E-state index in [1.807, 2.05) is 0 Å². The van der Waals surface area contributed by atoms with E-state index in [1.165, 1.54) is 6.42 Å². The van der Waals surface area contributed by atoms with E-state index in [0.29, 0.717) is 23.8 Å². The smallest absolute Gasteiger partial charge is 0.241 e. The molecular weight excluding hydrogens is 236 g/mol. The number of rotatable bonds is 7. The van der Waals surface area contributed by atoms with E-state index in [4.69, 9.17) is 0 Å². The summed E-state index contributed by atoms with van der Waals surface area (Å²) in [5.74, 6) is 1.58. The van der Waals surface area contributed by atoms with Crippen LogP contribution in [0.3, 0.4) is 0 Å². The van der Waals surface area contributed by atoms with E-state index in [0.717, 1.165) is 19.3 Å². The van der Waals surface area contributed by atoms with E-state index in [2.05, 4.69) is 51.8 Å². The second kappa shape index (κ2) is 7.28. The number of carbonyl (C=O) groups excluding carboxylic acids is 1. The number of carbonyl (C=O) groups is 1. The molecule has 0 radical (unpaired) electrons. The molecule has 3 atom stereocenters. The zero-order valence-electron chi connectivity index (χ0n) is 13.6. The molecule has 0 bridgehead atoms. The molecule has 1 saturated heterocycles. The Morgan fingerprint density at radius 1 is 1.11 bits per heavy atom. The monoisotopic (exact) mass is 268 g/mol. The Balaban J connectivity index is 2.66. The molecule has 1 rings (SSSR count). The van der Waals surface area contributed by atoms with Crippen LogP contribution in [0, 0.1) is 11.8 Å². The predicted molar refractivity (Wildman–Crippen MR) is 80.8 cm³/mol.